The minimum Gasteiger partial charge on any atom is -0.354 e. The molecule has 2 amide bonds. The smallest absolute Gasteiger partial charge is 0.255 e. The monoisotopic (exact) mass is 464 g/mol. The second-order valence-corrected chi connectivity index (χ2v) is 7.98. The van der Waals surface area contributed by atoms with Crippen LogP contribution in [-0.2, 0) is 4.79 Å². The van der Waals surface area contributed by atoms with Crippen molar-refractivity contribution in [3.05, 3.63) is 54.4 Å². The largest absolute Gasteiger partial charge is 0.354 e. The summed E-state index contributed by atoms with van der Waals surface area (Å²) in [6.07, 6.45) is 7.39. The number of amides is 2. The lowest BCUT2D eigenvalue weighted by atomic mass is 9.97. The van der Waals surface area contributed by atoms with Gasteiger partial charge in [0.25, 0.3) is 5.91 Å². The zero-order valence-corrected chi connectivity index (χ0v) is 19.1. The van der Waals surface area contributed by atoms with E-state index < -0.39 is 0 Å². The van der Waals surface area contributed by atoms with Crippen LogP contribution in [0.3, 0.4) is 0 Å². The van der Waals surface area contributed by atoms with Gasteiger partial charge in [-0.25, -0.2) is 0 Å². The number of pyridine rings is 1. The van der Waals surface area contributed by atoms with Gasteiger partial charge in [0.2, 0.25) is 5.91 Å². The number of likely N-dealkylation sites (tertiary alicyclic amines) is 1. The fourth-order valence-electron chi connectivity index (χ4n) is 4.22. The van der Waals surface area contributed by atoms with Gasteiger partial charge in [0.15, 0.2) is 0 Å². The summed E-state index contributed by atoms with van der Waals surface area (Å²) < 4.78 is 0. The first-order chi connectivity index (χ1) is 14.2. The zero-order valence-electron chi connectivity index (χ0n) is 17.5. The summed E-state index contributed by atoms with van der Waals surface area (Å²) in [4.78, 5) is 31.5. The summed E-state index contributed by atoms with van der Waals surface area (Å²) in [5, 5.41) is 6.30. The summed E-state index contributed by atoms with van der Waals surface area (Å²) in [6, 6.07) is 11.8. The minimum absolute atomic E-state index is 0. The number of rotatable bonds is 5. The van der Waals surface area contributed by atoms with Crippen molar-refractivity contribution in [3.8, 4) is 11.1 Å². The first-order valence-corrected chi connectivity index (χ1v) is 10.5. The van der Waals surface area contributed by atoms with Crippen LogP contribution in [0.4, 0.5) is 0 Å². The predicted octanol–water partition coefficient (Wildman–Crippen LogP) is 3.31. The van der Waals surface area contributed by atoms with E-state index in [4.69, 9.17) is 0 Å². The Morgan fingerprint density at radius 1 is 1.06 bits per heavy atom. The van der Waals surface area contributed by atoms with Gasteiger partial charge in [-0.2, -0.15) is 0 Å². The average molecular weight is 465 g/mol. The molecule has 2 aliphatic heterocycles. The Hall–Kier alpha value is -2.15. The molecule has 1 aromatic carbocycles. The average Bonchev–Trinajstić information content (AvgIpc) is 3.33. The molecule has 2 aromatic rings. The molecule has 3 heterocycles. The van der Waals surface area contributed by atoms with Crippen LogP contribution in [0.2, 0.25) is 0 Å². The summed E-state index contributed by atoms with van der Waals surface area (Å²) >= 11 is 0. The fourth-order valence-corrected chi connectivity index (χ4v) is 4.22. The highest BCUT2D eigenvalue weighted by atomic mass is 35.5. The van der Waals surface area contributed by atoms with Crippen molar-refractivity contribution in [1.82, 2.24) is 20.5 Å². The topological polar surface area (TPSA) is 74.3 Å². The molecule has 0 aliphatic carbocycles. The normalized spacial score (nSPS) is 20.3. The first-order valence-electron chi connectivity index (χ1n) is 10.5. The number of nitrogens with zero attached hydrogens (tertiary/aromatic N) is 2. The molecule has 6 nitrogen and oxygen atoms in total. The predicted molar refractivity (Wildman–Crippen MR) is 127 cm³/mol. The van der Waals surface area contributed by atoms with E-state index in [1.54, 1.807) is 12.4 Å². The van der Waals surface area contributed by atoms with Crippen LogP contribution in [-0.4, -0.2) is 53.9 Å². The quantitative estimate of drug-likeness (QED) is 0.711. The molecule has 4 rings (SSSR count). The second kappa shape index (κ2) is 12.0. The molecular formula is C23H30Cl2N4O2. The van der Waals surface area contributed by atoms with E-state index >= 15 is 0 Å². The third kappa shape index (κ3) is 6.42. The van der Waals surface area contributed by atoms with Crippen molar-refractivity contribution in [2.75, 3.05) is 26.2 Å². The number of nitrogens with one attached hydrogen (secondary N) is 2. The molecule has 2 unspecified atom stereocenters. The molecule has 2 N–H and O–H groups in total. The Morgan fingerprint density at radius 2 is 1.87 bits per heavy atom. The lowest BCUT2D eigenvalue weighted by Gasteiger charge is -2.33. The first kappa shape index (κ1) is 25.1. The Kier molecular flexibility index (Phi) is 9.75. The van der Waals surface area contributed by atoms with Crippen molar-refractivity contribution in [2.24, 2.45) is 5.92 Å². The Balaban J connectivity index is 0.00000171. The van der Waals surface area contributed by atoms with Crippen LogP contribution in [0.5, 0.6) is 0 Å². The van der Waals surface area contributed by atoms with E-state index in [1.165, 1.54) is 0 Å². The Bertz CT molecular complexity index is 860. The van der Waals surface area contributed by atoms with Gasteiger partial charge in [-0.1, -0.05) is 30.3 Å². The van der Waals surface area contributed by atoms with Crippen molar-refractivity contribution in [2.45, 2.75) is 31.7 Å². The van der Waals surface area contributed by atoms with E-state index in [9.17, 15) is 9.59 Å². The molecule has 0 bridgehead atoms. The molecule has 168 valence electrons. The number of benzene rings is 1. The van der Waals surface area contributed by atoms with Gasteiger partial charge in [0.1, 0.15) is 0 Å². The molecule has 8 heteroatoms. The molecule has 0 radical (unpaired) electrons. The molecule has 2 atom stereocenters. The van der Waals surface area contributed by atoms with Gasteiger partial charge in [0, 0.05) is 37.6 Å². The van der Waals surface area contributed by atoms with E-state index in [1.807, 2.05) is 41.3 Å². The van der Waals surface area contributed by atoms with Crippen molar-refractivity contribution in [3.63, 3.8) is 0 Å². The van der Waals surface area contributed by atoms with Gasteiger partial charge < -0.3 is 15.5 Å². The molecule has 2 aliphatic rings. The molecule has 0 saturated carbocycles. The highest BCUT2D eigenvalue weighted by Crippen LogP contribution is 2.22. The van der Waals surface area contributed by atoms with Gasteiger partial charge in [0.05, 0.1) is 11.6 Å². The number of hydrogen-bond donors (Lipinski definition) is 2. The van der Waals surface area contributed by atoms with E-state index in [-0.39, 0.29) is 42.7 Å². The van der Waals surface area contributed by atoms with Crippen LogP contribution >= 0.6 is 24.8 Å². The number of carbonyl (C=O) groups is 2. The Morgan fingerprint density at radius 3 is 2.61 bits per heavy atom. The molecular weight excluding hydrogens is 435 g/mol. The van der Waals surface area contributed by atoms with Crippen LogP contribution in [0.15, 0.2) is 48.8 Å². The van der Waals surface area contributed by atoms with E-state index in [2.05, 4.69) is 15.6 Å². The van der Waals surface area contributed by atoms with Crippen LogP contribution in [0.25, 0.3) is 11.1 Å². The van der Waals surface area contributed by atoms with Gasteiger partial charge in [-0.05, 0) is 49.8 Å². The van der Waals surface area contributed by atoms with Crippen LogP contribution < -0.4 is 10.6 Å². The third-order valence-corrected chi connectivity index (χ3v) is 5.84. The standard InChI is InChI=1S/C23H28N4O2.2ClH/c28-22(21-9-4-10-25-21)26-13-17-6-5-11-27(16-17)23(29)20-12-19(14-24-15-20)18-7-2-1-3-8-18;;/h1-3,7-8,12,14-15,17,21,25H,4-6,9-11,13,16H2,(H,26,28);2*1H. The number of halogens is 2. The van der Waals surface area contributed by atoms with Gasteiger partial charge in [-0.15, -0.1) is 24.8 Å². The van der Waals surface area contributed by atoms with Crippen molar-refractivity contribution in [1.29, 1.82) is 0 Å². The zero-order chi connectivity index (χ0) is 20.1. The molecule has 2 saturated heterocycles. The molecule has 1 aromatic heterocycles. The second-order valence-electron chi connectivity index (χ2n) is 7.98. The number of carbonyl (C=O) groups excluding carboxylic acids is 2. The van der Waals surface area contributed by atoms with Crippen LogP contribution in [0.1, 0.15) is 36.0 Å². The number of aromatic nitrogens is 1. The summed E-state index contributed by atoms with van der Waals surface area (Å²) in [6.45, 7) is 2.97. The highest BCUT2D eigenvalue weighted by Gasteiger charge is 2.27. The lowest BCUT2D eigenvalue weighted by molar-refractivity contribution is -0.123. The number of hydrogen-bond acceptors (Lipinski definition) is 4. The van der Waals surface area contributed by atoms with Crippen molar-refractivity contribution >= 4 is 36.6 Å². The summed E-state index contributed by atoms with van der Waals surface area (Å²) in [7, 11) is 0. The van der Waals surface area contributed by atoms with Crippen molar-refractivity contribution < 1.29 is 9.59 Å². The maximum absolute atomic E-state index is 13.1. The summed E-state index contributed by atoms with van der Waals surface area (Å²) in [5.74, 6) is 0.401. The SMILES string of the molecule is Cl.Cl.O=C(NCC1CCCN(C(=O)c2cncc(-c3ccccc3)c2)C1)C1CCCN1. The van der Waals surface area contributed by atoms with E-state index in [0.717, 1.165) is 49.9 Å². The van der Waals surface area contributed by atoms with Gasteiger partial charge in [-0.3, -0.25) is 14.6 Å². The minimum atomic E-state index is -0.0527. The van der Waals surface area contributed by atoms with Crippen LogP contribution in [0, 0.1) is 5.92 Å². The Labute approximate surface area is 196 Å². The maximum atomic E-state index is 13.1. The van der Waals surface area contributed by atoms with Gasteiger partial charge >= 0.3 is 0 Å². The highest BCUT2D eigenvalue weighted by molar-refractivity contribution is 5.95. The third-order valence-electron chi connectivity index (χ3n) is 5.84. The van der Waals surface area contributed by atoms with E-state index in [0.29, 0.717) is 24.6 Å². The molecule has 2 fully saturated rings. The molecule has 0 spiro atoms. The maximum Gasteiger partial charge on any atom is 0.255 e. The summed E-state index contributed by atoms with van der Waals surface area (Å²) in [5.41, 5.74) is 2.61. The number of piperidine rings is 1. The molecule has 31 heavy (non-hydrogen) atoms. The fraction of sp³-hybridized carbons (Fsp3) is 0.435. The lowest BCUT2D eigenvalue weighted by Crippen LogP contribution is -2.46.